The summed E-state index contributed by atoms with van der Waals surface area (Å²) < 4.78 is 22.2. The zero-order valence-corrected chi connectivity index (χ0v) is 22.8. The van der Waals surface area contributed by atoms with Crippen LogP contribution in [0, 0.1) is 17.2 Å². The van der Waals surface area contributed by atoms with Crippen LogP contribution in [0.5, 0.6) is 5.88 Å². The standard InChI is InChI=1S/C28H38N4O6/c1-6-35-25(36-7-2)17-37-24-15-23(38-31-24)26(18(3)4)28(34)32-14-8-9-22(32)27(33)30-19(5)21-12-10-20(16-29)11-13-21/h10-13,15,18-19,22,25-26H,6-9,14,17H2,1-5H3,(H,30,33)/t19-,22-,26?/m0/s1. The number of hydrogen-bond acceptors (Lipinski definition) is 8. The zero-order chi connectivity index (χ0) is 27.7. The lowest BCUT2D eigenvalue weighted by Crippen LogP contribution is -2.48. The fraction of sp³-hybridized carbons (Fsp3) is 0.571. The zero-order valence-electron chi connectivity index (χ0n) is 22.8. The number of nitrogens with one attached hydrogen (secondary N) is 1. The van der Waals surface area contributed by atoms with E-state index in [2.05, 4.69) is 16.5 Å². The number of rotatable bonds is 13. The number of aromatic nitrogens is 1. The average Bonchev–Trinajstić information content (AvgIpc) is 3.57. The third kappa shape index (κ3) is 7.33. The van der Waals surface area contributed by atoms with Gasteiger partial charge in [-0.15, -0.1) is 0 Å². The van der Waals surface area contributed by atoms with Crippen LogP contribution in [-0.4, -0.2) is 60.6 Å². The second kappa shape index (κ2) is 13.9. The minimum Gasteiger partial charge on any atom is -0.470 e. The van der Waals surface area contributed by atoms with E-state index in [0.717, 1.165) is 12.0 Å². The van der Waals surface area contributed by atoms with Crippen LogP contribution in [0.3, 0.4) is 0 Å². The molecular weight excluding hydrogens is 488 g/mol. The smallest absolute Gasteiger partial charge is 0.254 e. The first-order valence-corrected chi connectivity index (χ1v) is 13.2. The Morgan fingerprint density at radius 2 is 1.87 bits per heavy atom. The Balaban J connectivity index is 1.67. The maximum atomic E-state index is 13.7. The lowest BCUT2D eigenvalue weighted by atomic mass is 9.91. The first-order valence-electron chi connectivity index (χ1n) is 13.2. The molecule has 2 aromatic rings. The summed E-state index contributed by atoms with van der Waals surface area (Å²) in [7, 11) is 0. The second-order valence-corrected chi connectivity index (χ2v) is 9.59. The molecule has 1 fully saturated rings. The fourth-order valence-electron chi connectivity index (χ4n) is 4.61. The molecule has 3 rings (SSSR count). The molecule has 38 heavy (non-hydrogen) atoms. The van der Waals surface area contributed by atoms with E-state index in [0.29, 0.717) is 37.5 Å². The summed E-state index contributed by atoms with van der Waals surface area (Å²) in [5.74, 6) is -0.442. The highest BCUT2D eigenvalue weighted by molar-refractivity contribution is 5.91. The van der Waals surface area contributed by atoms with Gasteiger partial charge in [-0.3, -0.25) is 9.59 Å². The van der Waals surface area contributed by atoms with Crippen molar-refractivity contribution >= 4 is 11.8 Å². The number of carbonyl (C=O) groups excluding carboxylic acids is 2. The van der Waals surface area contributed by atoms with Gasteiger partial charge >= 0.3 is 0 Å². The molecule has 1 aromatic carbocycles. The number of nitrogens with zero attached hydrogens (tertiary/aromatic N) is 3. The molecule has 1 unspecified atom stereocenters. The molecule has 206 valence electrons. The van der Waals surface area contributed by atoms with Crippen molar-refractivity contribution in [3.05, 3.63) is 47.2 Å². The minimum atomic E-state index is -0.612. The van der Waals surface area contributed by atoms with Crippen molar-refractivity contribution in [3.63, 3.8) is 0 Å². The van der Waals surface area contributed by atoms with Gasteiger partial charge in [0, 0.05) is 25.8 Å². The Morgan fingerprint density at radius 1 is 1.18 bits per heavy atom. The lowest BCUT2D eigenvalue weighted by molar-refractivity contribution is -0.153. The van der Waals surface area contributed by atoms with Gasteiger partial charge in [0.25, 0.3) is 5.88 Å². The van der Waals surface area contributed by atoms with Gasteiger partial charge in [-0.05, 0) is 62.4 Å². The third-order valence-corrected chi connectivity index (χ3v) is 6.56. The maximum absolute atomic E-state index is 13.7. The van der Waals surface area contributed by atoms with Gasteiger partial charge in [-0.25, -0.2) is 0 Å². The van der Waals surface area contributed by atoms with Crippen molar-refractivity contribution in [2.24, 2.45) is 5.92 Å². The highest BCUT2D eigenvalue weighted by Crippen LogP contribution is 2.32. The molecule has 0 radical (unpaired) electrons. The molecule has 3 atom stereocenters. The first kappa shape index (κ1) is 29.1. The van der Waals surface area contributed by atoms with Crippen LogP contribution < -0.4 is 10.1 Å². The maximum Gasteiger partial charge on any atom is 0.254 e. The molecule has 0 bridgehead atoms. The fourth-order valence-corrected chi connectivity index (χ4v) is 4.61. The Labute approximate surface area is 224 Å². The number of hydrogen-bond donors (Lipinski definition) is 1. The van der Waals surface area contributed by atoms with Gasteiger partial charge in [-0.1, -0.05) is 26.0 Å². The van der Waals surface area contributed by atoms with Crippen LogP contribution in [0.2, 0.25) is 0 Å². The van der Waals surface area contributed by atoms with E-state index in [-0.39, 0.29) is 36.3 Å². The average molecular weight is 527 g/mol. The number of likely N-dealkylation sites (tertiary alicyclic amines) is 1. The normalized spacial score (nSPS) is 16.9. The van der Waals surface area contributed by atoms with E-state index in [1.807, 2.05) is 46.8 Å². The van der Waals surface area contributed by atoms with E-state index in [9.17, 15) is 9.59 Å². The molecule has 1 N–H and O–H groups in total. The molecule has 1 aromatic heterocycles. The Morgan fingerprint density at radius 3 is 2.47 bits per heavy atom. The van der Waals surface area contributed by atoms with Gasteiger partial charge in [-0.2, -0.15) is 5.26 Å². The summed E-state index contributed by atoms with van der Waals surface area (Å²) >= 11 is 0. The molecule has 10 heteroatoms. The molecule has 1 saturated heterocycles. The SMILES string of the molecule is CCOC(COc1cc(C(C(=O)N2CCC[C@H]2C(=O)N[C@@H](C)c2ccc(C#N)cc2)C(C)C)on1)OCC. The predicted octanol–water partition coefficient (Wildman–Crippen LogP) is 3.93. The van der Waals surface area contributed by atoms with Crippen molar-refractivity contribution in [2.45, 2.75) is 71.8 Å². The highest BCUT2D eigenvalue weighted by atomic mass is 16.7. The largest absolute Gasteiger partial charge is 0.470 e. The van der Waals surface area contributed by atoms with E-state index in [1.165, 1.54) is 0 Å². The Kier molecular flexibility index (Phi) is 10.7. The van der Waals surface area contributed by atoms with E-state index >= 15 is 0 Å². The summed E-state index contributed by atoms with van der Waals surface area (Å²) in [6.45, 7) is 11.1. The summed E-state index contributed by atoms with van der Waals surface area (Å²) in [6, 6.07) is 9.97. The summed E-state index contributed by atoms with van der Waals surface area (Å²) in [4.78, 5) is 28.6. The second-order valence-electron chi connectivity index (χ2n) is 9.59. The Bertz CT molecular complexity index is 1090. The third-order valence-electron chi connectivity index (χ3n) is 6.56. The molecule has 1 aliphatic heterocycles. The van der Waals surface area contributed by atoms with Crippen LogP contribution in [0.1, 0.15) is 76.3 Å². The molecule has 0 spiro atoms. The lowest BCUT2D eigenvalue weighted by Gasteiger charge is -2.29. The van der Waals surface area contributed by atoms with E-state index < -0.39 is 18.2 Å². The molecule has 2 amide bonds. The number of benzene rings is 1. The number of ether oxygens (including phenoxy) is 3. The topological polar surface area (TPSA) is 127 Å². The molecule has 0 aliphatic carbocycles. The van der Waals surface area contributed by atoms with Crippen LogP contribution in [-0.2, 0) is 19.1 Å². The van der Waals surface area contributed by atoms with Gasteiger partial charge in [0.2, 0.25) is 11.8 Å². The van der Waals surface area contributed by atoms with Crippen LogP contribution in [0.25, 0.3) is 0 Å². The molecule has 2 heterocycles. The number of nitriles is 1. The van der Waals surface area contributed by atoms with Crippen LogP contribution in [0.4, 0.5) is 0 Å². The van der Waals surface area contributed by atoms with Crippen molar-refractivity contribution in [2.75, 3.05) is 26.4 Å². The summed E-state index contributed by atoms with van der Waals surface area (Å²) in [6.07, 6.45) is 0.799. The number of carbonyl (C=O) groups is 2. The summed E-state index contributed by atoms with van der Waals surface area (Å²) in [5.41, 5.74) is 1.45. The van der Waals surface area contributed by atoms with Gasteiger partial charge in [0.05, 0.1) is 17.7 Å². The minimum absolute atomic E-state index is 0.0928. The first-order chi connectivity index (χ1) is 18.3. The van der Waals surface area contributed by atoms with Crippen LogP contribution >= 0.6 is 0 Å². The van der Waals surface area contributed by atoms with Gasteiger partial charge < -0.3 is 29.0 Å². The number of amides is 2. The highest BCUT2D eigenvalue weighted by Gasteiger charge is 2.40. The van der Waals surface area contributed by atoms with E-state index in [1.54, 1.807) is 23.1 Å². The van der Waals surface area contributed by atoms with Gasteiger partial charge in [0.15, 0.2) is 12.1 Å². The summed E-state index contributed by atoms with van der Waals surface area (Å²) in [5, 5.41) is 16.0. The monoisotopic (exact) mass is 526 g/mol. The van der Waals surface area contributed by atoms with Crippen molar-refractivity contribution < 1.29 is 28.3 Å². The predicted molar refractivity (Wildman–Crippen MR) is 139 cm³/mol. The quantitative estimate of drug-likeness (QED) is 0.389. The van der Waals surface area contributed by atoms with Crippen molar-refractivity contribution in [1.29, 1.82) is 5.26 Å². The van der Waals surface area contributed by atoms with Gasteiger partial charge in [0.1, 0.15) is 18.6 Å². The Hall–Kier alpha value is -3.42. The molecular formula is C28H38N4O6. The molecule has 1 aliphatic rings. The molecule has 0 saturated carbocycles. The van der Waals surface area contributed by atoms with Crippen LogP contribution in [0.15, 0.2) is 34.9 Å². The van der Waals surface area contributed by atoms with Crippen molar-refractivity contribution in [3.8, 4) is 11.9 Å². The van der Waals surface area contributed by atoms with Crippen molar-refractivity contribution in [1.82, 2.24) is 15.4 Å². The van der Waals surface area contributed by atoms with E-state index in [4.69, 9.17) is 24.0 Å². The molecule has 10 nitrogen and oxygen atoms in total.